The third kappa shape index (κ3) is 2.71. The van der Waals surface area contributed by atoms with Crippen LogP contribution < -0.4 is 5.73 Å². The molecule has 1 aromatic heterocycles. The Morgan fingerprint density at radius 3 is 2.78 bits per heavy atom. The standard InChI is InChI=1S/C13H15ClFN3/c1-8-5-10(18(2)17-8)7-13(16)11-6-9(14)3-4-12(11)15/h3-6,13H,7,16H2,1-2H3. The second kappa shape index (κ2) is 5.08. The van der Waals surface area contributed by atoms with Crippen molar-refractivity contribution in [2.75, 3.05) is 0 Å². The zero-order valence-electron chi connectivity index (χ0n) is 10.3. The van der Waals surface area contributed by atoms with Crippen molar-refractivity contribution in [2.24, 2.45) is 12.8 Å². The highest BCUT2D eigenvalue weighted by atomic mass is 35.5. The van der Waals surface area contributed by atoms with Crippen LogP contribution in [-0.2, 0) is 13.5 Å². The van der Waals surface area contributed by atoms with Crippen molar-refractivity contribution in [3.63, 3.8) is 0 Å². The summed E-state index contributed by atoms with van der Waals surface area (Å²) in [5, 5.41) is 4.73. The Labute approximate surface area is 110 Å². The van der Waals surface area contributed by atoms with Crippen LogP contribution in [-0.4, -0.2) is 9.78 Å². The first-order valence-electron chi connectivity index (χ1n) is 5.67. The summed E-state index contributed by atoms with van der Waals surface area (Å²) in [5.41, 5.74) is 8.36. The van der Waals surface area contributed by atoms with Crippen molar-refractivity contribution in [3.8, 4) is 0 Å². The van der Waals surface area contributed by atoms with Gasteiger partial charge in [-0.15, -0.1) is 0 Å². The number of hydrogen-bond donors (Lipinski definition) is 1. The Hall–Kier alpha value is -1.39. The fraction of sp³-hybridized carbons (Fsp3) is 0.308. The molecule has 1 aromatic carbocycles. The third-order valence-electron chi connectivity index (χ3n) is 2.89. The topological polar surface area (TPSA) is 43.8 Å². The molecule has 2 N–H and O–H groups in total. The van der Waals surface area contributed by atoms with Crippen LogP contribution in [0.2, 0.25) is 5.02 Å². The van der Waals surface area contributed by atoms with Gasteiger partial charge in [0.05, 0.1) is 5.69 Å². The maximum Gasteiger partial charge on any atom is 0.128 e. The van der Waals surface area contributed by atoms with Gasteiger partial charge in [-0.3, -0.25) is 4.68 Å². The molecule has 1 atom stereocenters. The Bertz CT molecular complexity index is 565. The average Bonchev–Trinajstić information content (AvgIpc) is 2.61. The first kappa shape index (κ1) is 13.1. The molecule has 18 heavy (non-hydrogen) atoms. The first-order chi connectivity index (χ1) is 8.47. The molecule has 0 radical (unpaired) electrons. The van der Waals surface area contributed by atoms with E-state index in [1.807, 2.05) is 20.0 Å². The summed E-state index contributed by atoms with van der Waals surface area (Å²) in [5.74, 6) is -0.328. The molecule has 5 heteroatoms. The summed E-state index contributed by atoms with van der Waals surface area (Å²) in [6.07, 6.45) is 0.522. The first-order valence-corrected chi connectivity index (χ1v) is 6.05. The van der Waals surface area contributed by atoms with E-state index in [1.54, 1.807) is 10.7 Å². The molecule has 0 amide bonds. The van der Waals surface area contributed by atoms with Crippen LogP contribution in [0, 0.1) is 12.7 Å². The van der Waals surface area contributed by atoms with Gasteiger partial charge < -0.3 is 5.73 Å². The van der Waals surface area contributed by atoms with Crippen molar-refractivity contribution in [3.05, 3.63) is 52.1 Å². The summed E-state index contributed by atoms with van der Waals surface area (Å²) >= 11 is 5.86. The largest absolute Gasteiger partial charge is 0.324 e. The van der Waals surface area contributed by atoms with E-state index in [4.69, 9.17) is 17.3 Å². The molecule has 0 bridgehead atoms. The van der Waals surface area contributed by atoms with Crippen LogP contribution in [0.5, 0.6) is 0 Å². The molecular formula is C13H15ClFN3. The van der Waals surface area contributed by atoms with Gasteiger partial charge in [-0.05, 0) is 31.2 Å². The number of benzene rings is 1. The highest BCUT2D eigenvalue weighted by molar-refractivity contribution is 6.30. The van der Waals surface area contributed by atoms with Gasteiger partial charge in [0.1, 0.15) is 5.82 Å². The van der Waals surface area contributed by atoms with Crippen LogP contribution in [0.3, 0.4) is 0 Å². The normalized spacial score (nSPS) is 12.7. The Balaban J connectivity index is 2.24. The summed E-state index contributed by atoms with van der Waals surface area (Å²) in [6, 6.07) is 5.94. The van der Waals surface area contributed by atoms with E-state index in [2.05, 4.69) is 5.10 Å². The van der Waals surface area contributed by atoms with Gasteiger partial charge in [0, 0.05) is 35.8 Å². The molecule has 0 fully saturated rings. The van der Waals surface area contributed by atoms with Crippen molar-refractivity contribution < 1.29 is 4.39 Å². The molecule has 2 aromatic rings. The lowest BCUT2D eigenvalue weighted by Crippen LogP contribution is -2.16. The maximum atomic E-state index is 13.7. The fourth-order valence-corrected chi connectivity index (χ4v) is 2.17. The molecule has 0 spiro atoms. The summed E-state index contributed by atoms with van der Waals surface area (Å²) < 4.78 is 15.4. The molecule has 2 rings (SSSR count). The number of aryl methyl sites for hydroxylation is 2. The number of nitrogens with zero attached hydrogens (tertiary/aromatic N) is 2. The van der Waals surface area contributed by atoms with E-state index in [0.717, 1.165) is 11.4 Å². The van der Waals surface area contributed by atoms with E-state index >= 15 is 0 Å². The molecule has 0 aliphatic carbocycles. The van der Waals surface area contributed by atoms with Crippen LogP contribution in [0.15, 0.2) is 24.3 Å². The Morgan fingerprint density at radius 1 is 1.44 bits per heavy atom. The van der Waals surface area contributed by atoms with Gasteiger partial charge in [0.25, 0.3) is 0 Å². The molecule has 0 aliphatic heterocycles. The summed E-state index contributed by atoms with van der Waals surface area (Å²) in [6.45, 7) is 1.91. The predicted molar refractivity (Wildman–Crippen MR) is 70.0 cm³/mol. The fourth-order valence-electron chi connectivity index (χ4n) is 1.99. The van der Waals surface area contributed by atoms with E-state index < -0.39 is 6.04 Å². The molecule has 0 saturated heterocycles. The lowest BCUT2D eigenvalue weighted by atomic mass is 10.0. The summed E-state index contributed by atoms with van der Waals surface area (Å²) in [7, 11) is 1.85. The van der Waals surface area contributed by atoms with Gasteiger partial charge in [-0.2, -0.15) is 5.10 Å². The molecule has 3 nitrogen and oxygen atoms in total. The van der Waals surface area contributed by atoms with Crippen molar-refractivity contribution in [1.29, 1.82) is 0 Å². The number of hydrogen-bond acceptors (Lipinski definition) is 2. The maximum absolute atomic E-state index is 13.7. The predicted octanol–water partition coefficient (Wildman–Crippen LogP) is 2.76. The van der Waals surface area contributed by atoms with E-state index in [0.29, 0.717) is 17.0 Å². The van der Waals surface area contributed by atoms with Gasteiger partial charge in [-0.25, -0.2) is 4.39 Å². The smallest absolute Gasteiger partial charge is 0.128 e. The highest BCUT2D eigenvalue weighted by Gasteiger charge is 2.14. The molecular weight excluding hydrogens is 253 g/mol. The van der Waals surface area contributed by atoms with E-state index in [9.17, 15) is 4.39 Å². The quantitative estimate of drug-likeness (QED) is 0.929. The van der Waals surface area contributed by atoms with Gasteiger partial charge in [0.2, 0.25) is 0 Å². The van der Waals surface area contributed by atoms with Crippen LogP contribution in [0.4, 0.5) is 4.39 Å². The molecule has 96 valence electrons. The van der Waals surface area contributed by atoms with Crippen LogP contribution >= 0.6 is 11.6 Å². The van der Waals surface area contributed by atoms with Gasteiger partial charge >= 0.3 is 0 Å². The minimum absolute atomic E-state index is 0.328. The van der Waals surface area contributed by atoms with Gasteiger partial charge in [-0.1, -0.05) is 11.6 Å². The minimum atomic E-state index is -0.432. The lowest BCUT2D eigenvalue weighted by molar-refractivity contribution is 0.569. The van der Waals surface area contributed by atoms with E-state index in [-0.39, 0.29) is 5.82 Å². The van der Waals surface area contributed by atoms with Crippen molar-refractivity contribution in [2.45, 2.75) is 19.4 Å². The van der Waals surface area contributed by atoms with Gasteiger partial charge in [0.15, 0.2) is 0 Å². The molecule has 0 saturated carbocycles. The zero-order chi connectivity index (χ0) is 13.3. The monoisotopic (exact) mass is 267 g/mol. The number of aromatic nitrogens is 2. The second-order valence-corrected chi connectivity index (χ2v) is 4.81. The highest BCUT2D eigenvalue weighted by Crippen LogP contribution is 2.22. The minimum Gasteiger partial charge on any atom is -0.324 e. The Morgan fingerprint density at radius 2 is 2.17 bits per heavy atom. The Kier molecular flexibility index (Phi) is 3.68. The van der Waals surface area contributed by atoms with Crippen LogP contribution in [0.1, 0.15) is 23.0 Å². The zero-order valence-corrected chi connectivity index (χ0v) is 11.1. The summed E-state index contributed by atoms with van der Waals surface area (Å²) in [4.78, 5) is 0. The SMILES string of the molecule is Cc1cc(CC(N)c2cc(Cl)ccc2F)n(C)n1. The van der Waals surface area contributed by atoms with Crippen molar-refractivity contribution in [1.82, 2.24) is 9.78 Å². The lowest BCUT2D eigenvalue weighted by Gasteiger charge is -2.13. The molecule has 1 heterocycles. The second-order valence-electron chi connectivity index (χ2n) is 4.38. The third-order valence-corrected chi connectivity index (χ3v) is 3.12. The van der Waals surface area contributed by atoms with Crippen LogP contribution in [0.25, 0.3) is 0 Å². The molecule has 1 unspecified atom stereocenters. The number of halogens is 2. The average molecular weight is 268 g/mol. The molecule has 0 aliphatic rings. The number of nitrogens with two attached hydrogens (primary N) is 1. The van der Waals surface area contributed by atoms with E-state index in [1.165, 1.54) is 12.1 Å². The van der Waals surface area contributed by atoms with Crippen molar-refractivity contribution >= 4 is 11.6 Å². The number of rotatable bonds is 3.